The highest BCUT2D eigenvalue weighted by atomic mass is 32.1. The molecule has 136 valence electrons. The predicted octanol–water partition coefficient (Wildman–Crippen LogP) is 3.14. The zero-order chi connectivity index (χ0) is 17.6. The summed E-state index contributed by atoms with van der Waals surface area (Å²) in [7, 11) is 1.83. The molecule has 2 N–H and O–H groups in total. The van der Waals surface area contributed by atoms with Crippen LogP contribution in [0.5, 0.6) is 0 Å². The second-order valence-corrected chi connectivity index (χ2v) is 7.49. The van der Waals surface area contributed by atoms with Gasteiger partial charge in [0.2, 0.25) is 0 Å². The van der Waals surface area contributed by atoms with Crippen LogP contribution in [0.15, 0.2) is 10.4 Å². The van der Waals surface area contributed by atoms with E-state index in [1.54, 1.807) is 11.3 Å². The van der Waals surface area contributed by atoms with Crippen LogP contribution in [0.2, 0.25) is 0 Å². The predicted molar refractivity (Wildman–Crippen MR) is 102 cm³/mol. The van der Waals surface area contributed by atoms with Gasteiger partial charge in [0.15, 0.2) is 5.96 Å². The van der Waals surface area contributed by atoms with E-state index < -0.39 is 0 Å². The Morgan fingerprint density at radius 1 is 1.42 bits per heavy atom. The van der Waals surface area contributed by atoms with Crippen LogP contribution >= 0.6 is 11.3 Å². The molecule has 1 aliphatic rings. The Balaban J connectivity index is 1.86. The van der Waals surface area contributed by atoms with Crippen molar-refractivity contribution in [3.63, 3.8) is 0 Å². The Hall–Kier alpha value is -1.14. The van der Waals surface area contributed by atoms with E-state index >= 15 is 0 Å². The van der Waals surface area contributed by atoms with Crippen LogP contribution in [-0.2, 0) is 11.2 Å². The van der Waals surface area contributed by atoms with E-state index in [-0.39, 0.29) is 5.41 Å². The zero-order valence-corrected chi connectivity index (χ0v) is 16.5. The number of aliphatic imine (C=N–C) groups is 1. The van der Waals surface area contributed by atoms with E-state index in [0.717, 1.165) is 55.5 Å². The van der Waals surface area contributed by atoms with Crippen LogP contribution < -0.4 is 10.6 Å². The van der Waals surface area contributed by atoms with Crippen LogP contribution in [-0.4, -0.2) is 43.3 Å². The fraction of sp³-hybridized carbons (Fsp3) is 0.778. The second kappa shape index (κ2) is 8.81. The van der Waals surface area contributed by atoms with E-state index in [1.165, 1.54) is 0 Å². The normalized spacial score (nSPS) is 23.0. The van der Waals surface area contributed by atoms with Crippen LogP contribution in [0.25, 0.3) is 0 Å². The van der Waals surface area contributed by atoms with Crippen LogP contribution in [0.4, 0.5) is 0 Å². The minimum absolute atomic E-state index is 0.222. The van der Waals surface area contributed by atoms with Crippen molar-refractivity contribution in [1.29, 1.82) is 0 Å². The molecule has 0 amide bonds. The lowest BCUT2D eigenvalue weighted by Crippen LogP contribution is -2.65. The van der Waals surface area contributed by atoms with E-state index in [9.17, 15) is 0 Å². The largest absolute Gasteiger partial charge is 0.378 e. The Morgan fingerprint density at radius 2 is 2.17 bits per heavy atom. The van der Waals surface area contributed by atoms with Crippen molar-refractivity contribution in [3.05, 3.63) is 16.1 Å². The summed E-state index contributed by atoms with van der Waals surface area (Å²) in [6, 6.07) is 0.428. The number of hydrogen-bond acceptors (Lipinski definition) is 4. The van der Waals surface area contributed by atoms with Crippen molar-refractivity contribution in [1.82, 2.24) is 15.6 Å². The van der Waals surface area contributed by atoms with Crippen molar-refractivity contribution in [2.75, 3.05) is 20.2 Å². The van der Waals surface area contributed by atoms with Gasteiger partial charge in [-0.1, -0.05) is 13.8 Å². The van der Waals surface area contributed by atoms with Crippen molar-refractivity contribution in [2.24, 2.45) is 10.4 Å². The zero-order valence-electron chi connectivity index (χ0n) is 15.7. The third kappa shape index (κ3) is 4.09. The van der Waals surface area contributed by atoms with E-state index in [0.29, 0.717) is 12.1 Å². The highest BCUT2D eigenvalue weighted by molar-refractivity contribution is 7.09. The van der Waals surface area contributed by atoms with Crippen LogP contribution in [0.3, 0.4) is 0 Å². The summed E-state index contributed by atoms with van der Waals surface area (Å²) >= 11 is 1.70. The number of nitrogens with zero attached hydrogens (tertiary/aromatic N) is 2. The molecule has 0 aromatic carbocycles. The number of aromatic nitrogens is 1. The summed E-state index contributed by atoms with van der Waals surface area (Å²) in [5.74, 6) is 0.883. The number of aryl methyl sites for hydroxylation is 1. The fourth-order valence-electron chi connectivity index (χ4n) is 3.78. The van der Waals surface area contributed by atoms with Crippen molar-refractivity contribution < 1.29 is 4.74 Å². The average molecular weight is 353 g/mol. The van der Waals surface area contributed by atoms with Crippen molar-refractivity contribution >= 4 is 17.3 Å². The topological polar surface area (TPSA) is 58.5 Å². The molecule has 24 heavy (non-hydrogen) atoms. The Morgan fingerprint density at radius 3 is 2.71 bits per heavy atom. The van der Waals surface area contributed by atoms with E-state index in [2.05, 4.69) is 46.8 Å². The van der Waals surface area contributed by atoms with Crippen LogP contribution in [0, 0.1) is 12.3 Å². The van der Waals surface area contributed by atoms with Crippen molar-refractivity contribution in [3.8, 4) is 0 Å². The molecule has 1 aromatic heterocycles. The summed E-state index contributed by atoms with van der Waals surface area (Å²) in [6.07, 6.45) is 4.60. The summed E-state index contributed by atoms with van der Waals surface area (Å²) < 4.78 is 5.95. The molecular weight excluding hydrogens is 320 g/mol. The highest BCUT2D eigenvalue weighted by Crippen LogP contribution is 2.48. The maximum atomic E-state index is 5.95. The molecule has 2 atom stereocenters. The molecule has 1 fully saturated rings. The van der Waals surface area contributed by atoms with Gasteiger partial charge >= 0.3 is 0 Å². The maximum Gasteiger partial charge on any atom is 0.191 e. The smallest absolute Gasteiger partial charge is 0.191 e. The Bertz CT molecular complexity index is 539. The summed E-state index contributed by atoms with van der Waals surface area (Å²) in [5.41, 5.74) is 1.37. The maximum absolute atomic E-state index is 5.95. The second-order valence-electron chi connectivity index (χ2n) is 6.42. The molecule has 1 heterocycles. The molecule has 0 radical (unpaired) electrons. The Kier molecular flexibility index (Phi) is 7.04. The van der Waals surface area contributed by atoms with E-state index in [4.69, 9.17) is 4.74 Å². The van der Waals surface area contributed by atoms with E-state index in [1.807, 2.05) is 14.0 Å². The lowest BCUT2D eigenvalue weighted by Gasteiger charge is -2.55. The standard InChI is InChI=1S/C18H32N4OS/c1-6-18(7-2)15(11-16(18)23-8-3)22-17(19-5)20-10-9-14-12-24-13(4)21-14/h12,15-16H,6-11H2,1-5H3,(H2,19,20,22). The third-order valence-corrected chi connectivity index (χ3v) is 6.17. The highest BCUT2D eigenvalue weighted by Gasteiger charge is 2.53. The SMILES string of the molecule is CCOC1CC(NC(=NC)NCCc2csc(C)n2)C1(CC)CC. The van der Waals surface area contributed by atoms with Gasteiger partial charge in [0.25, 0.3) is 0 Å². The van der Waals surface area contributed by atoms with Gasteiger partial charge in [-0.2, -0.15) is 0 Å². The average Bonchev–Trinajstić information content (AvgIpc) is 2.99. The molecule has 1 aliphatic carbocycles. The first-order valence-electron chi connectivity index (χ1n) is 9.09. The van der Waals surface area contributed by atoms with Gasteiger partial charge < -0.3 is 15.4 Å². The molecule has 6 heteroatoms. The molecule has 0 saturated heterocycles. The summed E-state index contributed by atoms with van der Waals surface area (Å²) in [4.78, 5) is 8.89. The number of nitrogens with one attached hydrogen (secondary N) is 2. The van der Waals surface area contributed by atoms with Crippen molar-refractivity contribution in [2.45, 2.75) is 65.5 Å². The number of guanidine groups is 1. The van der Waals surface area contributed by atoms with Gasteiger partial charge in [-0.3, -0.25) is 4.99 Å². The molecule has 0 bridgehead atoms. The first kappa shape index (κ1) is 19.2. The summed E-state index contributed by atoms with van der Waals surface area (Å²) in [6.45, 7) is 10.3. The quantitative estimate of drug-likeness (QED) is 0.557. The minimum atomic E-state index is 0.222. The van der Waals surface area contributed by atoms with Gasteiger partial charge in [0, 0.05) is 43.5 Å². The molecule has 0 aliphatic heterocycles. The number of hydrogen-bond donors (Lipinski definition) is 2. The number of ether oxygens (including phenoxy) is 1. The first-order chi connectivity index (χ1) is 11.6. The fourth-order valence-corrected chi connectivity index (χ4v) is 4.42. The summed E-state index contributed by atoms with van der Waals surface area (Å²) in [5, 5.41) is 10.3. The van der Waals surface area contributed by atoms with Gasteiger partial charge in [-0.25, -0.2) is 4.98 Å². The number of thiazole rings is 1. The third-order valence-electron chi connectivity index (χ3n) is 5.34. The first-order valence-corrected chi connectivity index (χ1v) is 9.97. The van der Waals surface area contributed by atoms with Crippen LogP contribution in [0.1, 0.15) is 50.7 Å². The van der Waals surface area contributed by atoms with Gasteiger partial charge in [-0.15, -0.1) is 11.3 Å². The molecule has 0 spiro atoms. The minimum Gasteiger partial charge on any atom is -0.378 e. The van der Waals surface area contributed by atoms with Gasteiger partial charge in [0.05, 0.1) is 16.8 Å². The molecule has 2 unspecified atom stereocenters. The Labute approximate surface area is 150 Å². The molecule has 5 nitrogen and oxygen atoms in total. The lowest BCUT2D eigenvalue weighted by molar-refractivity contribution is -0.133. The molecular formula is C18H32N4OS. The monoisotopic (exact) mass is 352 g/mol. The van der Waals surface area contributed by atoms with Gasteiger partial charge in [0.1, 0.15) is 0 Å². The number of rotatable bonds is 8. The lowest BCUT2D eigenvalue weighted by atomic mass is 9.58. The molecule has 1 saturated carbocycles. The molecule has 1 aromatic rings. The molecule has 2 rings (SSSR count). The van der Waals surface area contributed by atoms with Gasteiger partial charge in [-0.05, 0) is 33.1 Å².